The molecule has 106 valence electrons. The molecule has 5 nitrogen and oxygen atoms in total. The first-order valence-corrected chi connectivity index (χ1v) is 7.11. The van der Waals surface area contributed by atoms with Gasteiger partial charge in [-0.3, -0.25) is 9.89 Å². The fourth-order valence-electron chi connectivity index (χ4n) is 2.94. The largest absolute Gasteiger partial charge is 0.396 e. The number of H-pyrrole nitrogens is 1. The van der Waals surface area contributed by atoms with E-state index in [-0.39, 0.29) is 18.6 Å². The monoisotopic (exact) mass is 273 g/mol. The number of benzene rings is 1. The highest BCUT2D eigenvalue weighted by molar-refractivity contribution is 5.97. The number of aromatic nitrogens is 2. The Morgan fingerprint density at radius 3 is 3.20 bits per heavy atom. The van der Waals surface area contributed by atoms with E-state index in [1.807, 2.05) is 18.2 Å². The Morgan fingerprint density at radius 1 is 1.45 bits per heavy atom. The second-order valence-corrected chi connectivity index (χ2v) is 5.56. The maximum Gasteiger partial charge on any atom is 0.251 e. The van der Waals surface area contributed by atoms with E-state index in [1.54, 1.807) is 6.20 Å². The van der Waals surface area contributed by atoms with Gasteiger partial charge in [0.15, 0.2) is 0 Å². The highest BCUT2D eigenvalue weighted by Crippen LogP contribution is 2.24. The lowest BCUT2D eigenvalue weighted by atomic mass is 9.86. The van der Waals surface area contributed by atoms with Crippen LogP contribution in [0.25, 0.3) is 10.9 Å². The standard InChI is InChI=1S/C15H19N3O2/c19-9-10-2-1-3-13(6-10)17-15(20)11-4-5-14-12(7-11)8-16-18-14/h4-5,7-8,10,13,19H,1-3,6,9H2,(H,16,18)(H,17,20). The van der Waals surface area contributed by atoms with Gasteiger partial charge in [-0.2, -0.15) is 5.10 Å². The first-order valence-electron chi connectivity index (χ1n) is 7.11. The Balaban J connectivity index is 1.69. The summed E-state index contributed by atoms with van der Waals surface area (Å²) in [6.07, 6.45) is 5.71. The Hall–Kier alpha value is -1.88. The van der Waals surface area contributed by atoms with Crippen LogP contribution in [-0.2, 0) is 0 Å². The summed E-state index contributed by atoms with van der Waals surface area (Å²) in [5, 5.41) is 20.1. The van der Waals surface area contributed by atoms with Crippen molar-refractivity contribution in [2.24, 2.45) is 5.92 Å². The van der Waals surface area contributed by atoms with Gasteiger partial charge in [0.1, 0.15) is 0 Å². The quantitative estimate of drug-likeness (QED) is 0.798. The average molecular weight is 273 g/mol. The second kappa shape index (κ2) is 5.63. The van der Waals surface area contributed by atoms with Crippen LogP contribution in [0.2, 0.25) is 0 Å². The minimum absolute atomic E-state index is 0.0447. The maximum atomic E-state index is 12.3. The third kappa shape index (κ3) is 2.67. The van der Waals surface area contributed by atoms with Gasteiger partial charge in [0.05, 0.1) is 11.7 Å². The van der Waals surface area contributed by atoms with Crippen molar-refractivity contribution in [2.75, 3.05) is 6.61 Å². The van der Waals surface area contributed by atoms with Crippen molar-refractivity contribution in [2.45, 2.75) is 31.7 Å². The number of aliphatic hydroxyl groups is 1. The molecule has 5 heteroatoms. The molecule has 2 aromatic rings. The van der Waals surface area contributed by atoms with Crippen molar-refractivity contribution < 1.29 is 9.90 Å². The molecule has 3 N–H and O–H groups in total. The predicted molar refractivity (Wildman–Crippen MR) is 76.4 cm³/mol. The summed E-state index contributed by atoms with van der Waals surface area (Å²) < 4.78 is 0. The van der Waals surface area contributed by atoms with Crippen molar-refractivity contribution in [3.63, 3.8) is 0 Å². The van der Waals surface area contributed by atoms with E-state index in [9.17, 15) is 9.90 Å². The molecule has 1 amide bonds. The third-order valence-corrected chi connectivity index (χ3v) is 4.08. The summed E-state index contributed by atoms with van der Waals surface area (Å²) in [5.41, 5.74) is 1.59. The molecule has 0 radical (unpaired) electrons. The highest BCUT2D eigenvalue weighted by Gasteiger charge is 2.23. The second-order valence-electron chi connectivity index (χ2n) is 5.56. The molecule has 1 aromatic heterocycles. The first-order chi connectivity index (χ1) is 9.76. The number of hydrogen-bond donors (Lipinski definition) is 3. The molecular weight excluding hydrogens is 254 g/mol. The highest BCUT2D eigenvalue weighted by atomic mass is 16.3. The van der Waals surface area contributed by atoms with E-state index in [2.05, 4.69) is 15.5 Å². The zero-order valence-electron chi connectivity index (χ0n) is 11.3. The minimum Gasteiger partial charge on any atom is -0.396 e. The zero-order valence-corrected chi connectivity index (χ0v) is 11.3. The molecule has 3 rings (SSSR count). The molecule has 1 fully saturated rings. The lowest BCUT2D eigenvalue weighted by Gasteiger charge is -2.28. The van der Waals surface area contributed by atoms with Crippen LogP contribution in [0.4, 0.5) is 0 Å². The normalized spacial score (nSPS) is 22.9. The maximum absolute atomic E-state index is 12.3. The van der Waals surface area contributed by atoms with E-state index >= 15 is 0 Å². The summed E-state index contributed by atoms with van der Waals surface area (Å²) in [6, 6.07) is 5.70. The van der Waals surface area contributed by atoms with Gasteiger partial charge in [-0.1, -0.05) is 6.42 Å². The number of carbonyl (C=O) groups excluding carboxylic acids is 1. The lowest BCUT2D eigenvalue weighted by molar-refractivity contribution is 0.0906. The van der Waals surface area contributed by atoms with Gasteiger partial charge in [-0.25, -0.2) is 0 Å². The molecule has 2 unspecified atom stereocenters. The van der Waals surface area contributed by atoms with Gasteiger partial charge in [-0.05, 0) is 43.4 Å². The number of nitrogens with zero attached hydrogens (tertiary/aromatic N) is 1. The molecule has 1 aliphatic carbocycles. The van der Waals surface area contributed by atoms with Gasteiger partial charge in [0, 0.05) is 23.6 Å². The van der Waals surface area contributed by atoms with E-state index in [0.717, 1.165) is 36.6 Å². The van der Waals surface area contributed by atoms with E-state index in [4.69, 9.17) is 0 Å². The van der Waals surface area contributed by atoms with Crippen LogP contribution >= 0.6 is 0 Å². The molecule has 2 atom stereocenters. The smallest absolute Gasteiger partial charge is 0.251 e. The van der Waals surface area contributed by atoms with E-state index < -0.39 is 0 Å². The van der Waals surface area contributed by atoms with Gasteiger partial charge < -0.3 is 10.4 Å². The van der Waals surface area contributed by atoms with Crippen LogP contribution in [0.15, 0.2) is 24.4 Å². The number of nitrogens with one attached hydrogen (secondary N) is 2. The molecular formula is C15H19N3O2. The van der Waals surface area contributed by atoms with Crippen molar-refractivity contribution in [1.82, 2.24) is 15.5 Å². The SMILES string of the molecule is O=C(NC1CCCC(CO)C1)c1ccc2[nH]ncc2c1. The number of amides is 1. The fraction of sp³-hybridized carbons (Fsp3) is 0.467. The predicted octanol–water partition coefficient (Wildman–Crippen LogP) is 1.84. The Labute approximate surface area is 117 Å². The number of rotatable bonds is 3. The minimum atomic E-state index is -0.0447. The summed E-state index contributed by atoms with van der Waals surface area (Å²) in [5.74, 6) is 0.280. The summed E-state index contributed by atoms with van der Waals surface area (Å²) in [4.78, 5) is 12.3. The lowest BCUT2D eigenvalue weighted by Crippen LogP contribution is -2.39. The molecule has 1 aliphatic rings. The van der Waals surface area contributed by atoms with Crippen LogP contribution in [0.1, 0.15) is 36.0 Å². The van der Waals surface area contributed by atoms with E-state index in [0.29, 0.717) is 11.5 Å². The molecule has 1 heterocycles. The molecule has 1 saturated carbocycles. The van der Waals surface area contributed by atoms with Gasteiger partial charge in [-0.15, -0.1) is 0 Å². The molecule has 20 heavy (non-hydrogen) atoms. The summed E-state index contributed by atoms with van der Waals surface area (Å²) >= 11 is 0. The Kier molecular flexibility index (Phi) is 3.69. The van der Waals surface area contributed by atoms with Crippen molar-refractivity contribution >= 4 is 16.8 Å². The first kappa shape index (κ1) is 13.1. The number of aromatic amines is 1. The van der Waals surface area contributed by atoms with Gasteiger partial charge >= 0.3 is 0 Å². The van der Waals surface area contributed by atoms with Crippen molar-refractivity contribution in [3.05, 3.63) is 30.0 Å². The van der Waals surface area contributed by atoms with Crippen LogP contribution in [0.3, 0.4) is 0 Å². The number of fused-ring (bicyclic) bond motifs is 1. The van der Waals surface area contributed by atoms with Crippen LogP contribution in [0, 0.1) is 5.92 Å². The Morgan fingerprint density at radius 2 is 2.35 bits per heavy atom. The average Bonchev–Trinajstić information content (AvgIpc) is 2.94. The fourth-order valence-corrected chi connectivity index (χ4v) is 2.94. The van der Waals surface area contributed by atoms with Gasteiger partial charge in [0.2, 0.25) is 0 Å². The zero-order chi connectivity index (χ0) is 13.9. The van der Waals surface area contributed by atoms with Crippen LogP contribution in [0.5, 0.6) is 0 Å². The summed E-state index contributed by atoms with van der Waals surface area (Å²) in [7, 11) is 0. The van der Waals surface area contributed by atoms with Crippen molar-refractivity contribution in [3.8, 4) is 0 Å². The molecule has 0 bridgehead atoms. The third-order valence-electron chi connectivity index (χ3n) is 4.08. The number of carbonyl (C=O) groups is 1. The van der Waals surface area contributed by atoms with E-state index in [1.165, 1.54) is 0 Å². The molecule has 0 aliphatic heterocycles. The topological polar surface area (TPSA) is 78.0 Å². The number of hydrogen-bond acceptors (Lipinski definition) is 3. The van der Waals surface area contributed by atoms with Crippen LogP contribution < -0.4 is 5.32 Å². The molecule has 1 aromatic carbocycles. The molecule has 0 spiro atoms. The van der Waals surface area contributed by atoms with Gasteiger partial charge in [0.25, 0.3) is 5.91 Å². The van der Waals surface area contributed by atoms with Crippen molar-refractivity contribution in [1.29, 1.82) is 0 Å². The molecule has 0 saturated heterocycles. The number of aliphatic hydroxyl groups excluding tert-OH is 1. The Bertz CT molecular complexity index is 608. The summed E-state index contributed by atoms with van der Waals surface area (Å²) in [6.45, 7) is 0.216. The van der Waals surface area contributed by atoms with Crippen LogP contribution in [-0.4, -0.2) is 33.9 Å².